The van der Waals surface area contributed by atoms with E-state index in [0.717, 1.165) is 37.0 Å². The maximum absolute atomic E-state index is 13.1. The number of ether oxygens (including phenoxy) is 1. The molecular weight excluding hydrogens is 392 g/mol. The van der Waals surface area contributed by atoms with Gasteiger partial charge in [0.05, 0.1) is 11.3 Å². The average Bonchev–Trinajstić information content (AvgIpc) is 2.79. The van der Waals surface area contributed by atoms with Crippen LogP contribution in [0.15, 0.2) is 48.9 Å². The Hall–Kier alpha value is -3.22. The van der Waals surface area contributed by atoms with Crippen molar-refractivity contribution in [3.05, 3.63) is 65.8 Å². The van der Waals surface area contributed by atoms with Crippen molar-refractivity contribution < 1.29 is 14.3 Å². The molecule has 1 spiro atoms. The molecule has 2 aromatic rings. The maximum Gasteiger partial charge on any atom is 0.257 e. The van der Waals surface area contributed by atoms with Crippen LogP contribution in [0.3, 0.4) is 0 Å². The predicted molar refractivity (Wildman–Crippen MR) is 117 cm³/mol. The summed E-state index contributed by atoms with van der Waals surface area (Å²) in [5.74, 6) is 0.554. The number of piperidine rings is 1. The number of aromatic nitrogens is 2. The summed E-state index contributed by atoms with van der Waals surface area (Å²) in [7, 11) is 0. The van der Waals surface area contributed by atoms with Crippen molar-refractivity contribution in [3.63, 3.8) is 0 Å². The van der Waals surface area contributed by atoms with Crippen LogP contribution < -0.4 is 10.1 Å². The van der Waals surface area contributed by atoms with Crippen LogP contribution in [0, 0.1) is 12.3 Å². The number of nitrogens with zero attached hydrogens (tertiary/aromatic N) is 3. The zero-order valence-corrected chi connectivity index (χ0v) is 17.8. The highest BCUT2D eigenvalue weighted by atomic mass is 16.5. The van der Waals surface area contributed by atoms with E-state index in [1.54, 1.807) is 6.20 Å². The van der Waals surface area contributed by atoms with Crippen molar-refractivity contribution in [2.24, 2.45) is 5.41 Å². The second-order valence-corrected chi connectivity index (χ2v) is 8.40. The smallest absolute Gasteiger partial charge is 0.257 e. The first-order valence-electron chi connectivity index (χ1n) is 10.7. The second kappa shape index (κ2) is 9.29. The average molecular weight is 421 g/mol. The first-order valence-corrected chi connectivity index (χ1v) is 10.7. The fraction of sp³-hybridized carbons (Fsp3) is 0.417. The number of hydrogen-bond donors (Lipinski definition) is 1. The third kappa shape index (κ3) is 4.93. The van der Waals surface area contributed by atoms with Crippen molar-refractivity contribution in [3.8, 4) is 5.75 Å². The van der Waals surface area contributed by atoms with E-state index in [4.69, 9.17) is 4.74 Å². The highest BCUT2D eigenvalue weighted by molar-refractivity contribution is 5.95. The molecule has 1 N–H and O–H groups in total. The van der Waals surface area contributed by atoms with Crippen LogP contribution in [-0.4, -0.2) is 52.9 Å². The molecule has 1 fully saturated rings. The Balaban J connectivity index is 1.54. The minimum atomic E-state index is -0.206. The number of nitrogens with one attached hydrogen (secondary N) is 1. The van der Waals surface area contributed by atoms with Crippen LogP contribution in [0.4, 0.5) is 0 Å². The van der Waals surface area contributed by atoms with E-state index < -0.39 is 0 Å². The standard InChI is InChI=1S/C24H28N4O3/c1-18-20(13-25-17-27-18)23(30)28-12-6-11-24(16-28)10-5-4-8-19-7-2-3-9-21(19)31-14-22(29)26-15-24/h2-5,7,9,13,17H,6,8,10-12,14-16H2,1H3,(H,26,29)/b5-4+. The van der Waals surface area contributed by atoms with Crippen molar-refractivity contribution in [2.75, 3.05) is 26.2 Å². The predicted octanol–water partition coefficient (Wildman–Crippen LogP) is 2.71. The molecule has 31 heavy (non-hydrogen) atoms. The third-order valence-electron chi connectivity index (χ3n) is 6.14. The Morgan fingerprint density at radius 2 is 2.13 bits per heavy atom. The van der Waals surface area contributed by atoms with Gasteiger partial charge in [-0.1, -0.05) is 30.4 Å². The molecule has 0 aliphatic carbocycles. The molecule has 1 unspecified atom stereocenters. The molecule has 1 saturated heterocycles. The fourth-order valence-corrected chi connectivity index (χ4v) is 4.37. The van der Waals surface area contributed by atoms with Gasteiger partial charge < -0.3 is 15.0 Å². The van der Waals surface area contributed by atoms with Crippen LogP contribution in [0.1, 0.15) is 40.9 Å². The zero-order chi connectivity index (χ0) is 21.7. The summed E-state index contributed by atoms with van der Waals surface area (Å²) in [6.45, 7) is 3.60. The van der Waals surface area contributed by atoms with Crippen molar-refractivity contribution in [1.82, 2.24) is 20.2 Å². The molecule has 7 heteroatoms. The van der Waals surface area contributed by atoms with Crippen molar-refractivity contribution >= 4 is 11.8 Å². The van der Waals surface area contributed by atoms with Crippen LogP contribution >= 0.6 is 0 Å². The molecule has 2 aliphatic rings. The molecule has 2 aliphatic heterocycles. The Morgan fingerprint density at radius 3 is 3.00 bits per heavy atom. The molecule has 0 bridgehead atoms. The second-order valence-electron chi connectivity index (χ2n) is 8.40. The molecule has 0 radical (unpaired) electrons. The molecule has 2 amide bonds. The third-order valence-corrected chi connectivity index (χ3v) is 6.14. The Morgan fingerprint density at radius 1 is 1.26 bits per heavy atom. The highest BCUT2D eigenvalue weighted by Crippen LogP contribution is 2.34. The van der Waals surface area contributed by atoms with E-state index in [2.05, 4.69) is 27.4 Å². The summed E-state index contributed by atoms with van der Waals surface area (Å²) in [4.78, 5) is 35.7. The van der Waals surface area contributed by atoms with Gasteiger partial charge in [0.2, 0.25) is 0 Å². The maximum atomic E-state index is 13.1. The van der Waals surface area contributed by atoms with Gasteiger partial charge in [-0.2, -0.15) is 0 Å². The number of hydrogen-bond acceptors (Lipinski definition) is 5. The lowest BCUT2D eigenvalue weighted by Gasteiger charge is -2.43. The number of likely N-dealkylation sites (tertiary alicyclic amines) is 1. The minimum Gasteiger partial charge on any atom is -0.483 e. The summed E-state index contributed by atoms with van der Waals surface area (Å²) in [5, 5.41) is 3.04. The lowest BCUT2D eigenvalue weighted by atomic mass is 9.76. The summed E-state index contributed by atoms with van der Waals surface area (Å²) >= 11 is 0. The number of benzene rings is 1. The number of carbonyl (C=O) groups is 2. The molecule has 7 nitrogen and oxygen atoms in total. The Labute approximate surface area is 182 Å². The Kier molecular flexibility index (Phi) is 6.30. The molecular formula is C24H28N4O3. The van der Waals surface area contributed by atoms with Gasteiger partial charge in [0.15, 0.2) is 6.61 Å². The number of fused-ring (bicyclic) bond motifs is 1. The van der Waals surface area contributed by atoms with E-state index >= 15 is 0 Å². The summed E-state index contributed by atoms with van der Waals surface area (Å²) < 4.78 is 5.75. The summed E-state index contributed by atoms with van der Waals surface area (Å²) in [5.41, 5.74) is 2.07. The van der Waals surface area contributed by atoms with E-state index in [1.165, 1.54) is 6.33 Å². The number of rotatable bonds is 1. The van der Waals surface area contributed by atoms with E-state index in [9.17, 15) is 9.59 Å². The number of para-hydroxylation sites is 1. The lowest BCUT2D eigenvalue weighted by Crippen LogP contribution is -2.51. The minimum absolute atomic E-state index is 0.0139. The SMILES string of the molecule is Cc1ncncc1C(=O)N1CCCC2(C/C=C/Cc3ccccc3OCC(=O)NC2)C1. The fourth-order valence-electron chi connectivity index (χ4n) is 4.37. The molecule has 1 atom stereocenters. The van der Waals surface area contributed by atoms with Gasteiger partial charge in [-0.25, -0.2) is 9.97 Å². The lowest BCUT2D eigenvalue weighted by molar-refractivity contribution is -0.123. The van der Waals surface area contributed by atoms with E-state index in [1.807, 2.05) is 36.1 Å². The van der Waals surface area contributed by atoms with Crippen LogP contribution in [-0.2, 0) is 11.2 Å². The van der Waals surface area contributed by atoms with E-state index in [0.29, 0.717) is 30.9 Å². The zero-order valence-electron chi connectivity index (χ0n) is 17.8. The van der Waals surface area contributed by atoms with Gasteiger partial charge >= 0.3 is 0 Å². The molecule has 4 rings (SSSR count). The largest absolute Gasteiger partial charge is 0.483 e. The van der Waals surface area contributed by atoms with Crippen LogP contribution in [0.5, 0.6) is 5.75 Å². The van der Waals surface area contributed by atoms with E-state index in [-0.39, 0.29) is 23.8 Å². The van der Waals surface area contributed by atoms with Gasteiger partial charge in [0.1, 0.15) is 12.1 Å². The molecule has 162 valence electrons. The van der Waals surface area contributed by atoms with Crippen molar-refractivity contribution in [1.29, 1.82) is 0 Å². The molecule has 3 heterocycles. The number of allylic oxidation sites excluding steroid dienone is 2. The van der Waals surface area contributed by atoms with Gasteiger partial charge in [-0.15, -0.1) is 0 Å². The van der Waals surface area contributed by atoms with Crippen LogP contribution in [0.2, 0.25) is 0 Å². The van der Waals surface area contributed by atoms with Gasteiger partial charge in [-0.05, 0) is 44.2 Å². The highest BCUT2D eigenvalue weighted by Gasteiger charge is 2.37. The Bertz CT molecular complexity index is 990. The topological polar surface area (TPSA) is 84.4 Å². The molecule has 0 saturated carbocycles. The number of aryl methyl sites for hydroxylation is 1. The van der Waals surface area contributed by atoms with Gasteiger partial charge in [-0.3, -0.25) is 9.59 Å². The number of amides is 2. The normalized spacial score (nSPS) is 23.0. The summed E-state index contributed by atoms with van der Waals surface area (Å²) in [6, 6.07) is 7.80. The number of carbonyl (C=O) groups excluding carboxylic acids is 2. The summed E-state index contributed by atoms with van der Waals surface area (Å²) in [6.07, 6.45) is 10.8. The van der Waals surface area contributed by atoms with Gasteiger partial charge in [0.25, 0.3) is 11.8 Å². The molecule has 1 aromatic heterocycles. The van der Waals surface area contributed by atoms with Gasteiger partial charge in [0, 0.05) is 31.2 Å². The first kappa shape index (κ1) is 21.0. The quantitative estimate of drug-likeness (QED) is 0.717. The monoisotopic (exact) mass is 420 g/mol. The molecule has 1 aromatic carbocycles. The van der Waals surface area contributed by atoms with Crippen LogP contribution in [0.25, 0.3) is 0 Å². The first-order chi connectivity index (χ1) is 15.1. The van der Waals surface area contributed by atoms with Crippen molar-refractivity contribution in [2.45, 2.75) is 32.6 Å².